The summed E-state index contributed by atoms with van der Waals surface area (Å²) in [6, 6.07) is 31.2. The lowest BCUT2D eigenvalue weighted by atomic mass is 10.1. The molecule has 3 aromatic rings. The van der Waals surface area contributed by atoms with Crippen LogP contribution in [0.25, 0.3) is 0 Å². The van der Waals surface area contributed by atoms with E-state index >= 15 is 0 Å². The highest BCUT2D eigenvalue weighted by molar-refractivity contribution is 7.73. The fourth-order valence-corrected chi connectivity index (χ4v) is 7.80. The van der Waals surface area contributed by atoms with Gasteiger partial charge in [-0.2, -0.15) is 0 Å². The van der Waals surface area contributed by atoms with Crippen LogP contribution in [0.1, 0.15) is 38.8 Å². The minimum Gasteiger partial charge on any atom is -0.477 e. The second-order valence-corrected chi connectivity index (χ2v) is 12.8. The van der Waals surface area contributed by atoms with Gasteiger partial charge in [0.1, 0.15) is 24.3 Å². The van der Waals surface area contributed by atoms with Gasteiger partial charge in [0, 0.05) is 12.2 Å². The maximum Gasteiger partial charge on any atom is 0.410 e. The highest BCUT2D eigenvalue weighted by atomic mass is 31.1. The number of likely N-dealkylation sites (tertiary alicyclic amines) is 1. The van der Waals surface area contributed by atoms with Gasteiger partial charge in [0.15, 0.2) is 0 Å². The van der Waals surface area contributed by atoms with Crippen molar-refractivity contribution in [3.05, 3.63) is 96.6 Å². The van der Waals surface area contributed by atoms with Crippen LogP contribution in [0, 0.1) is 0 Å². The summed E-state index contributed by atoms with van der Waals surface area (Å²) in [6.07, 6.45) is 0.482. The normalized spacial score (nSPS) is 21.8. The molecule has 0 aliphatic carbocycles. The number of rotatable bonds is 5. The first kappa shape index (κ1) is 24.5. The zero-order valence-corrected chi connectivity index (χ0v) is 22.0. The second kappa shape index (κ2) is 10.4. The molecule has 3 aromatic carbocycles. The van der Waals surface area contributed by atoms with E-state index < -0.39 is 13.5 Å². The number of nitrogens with zero attached hydrogens (tertiary/aromatic N) is 2. The molecule has 2 aliphatic rings. The molecule has 0 N–H and O–H groups in total. The molecule has 36 heavy (non-hydrogen) atoms. The fourth-order valence-electron chi connectivity index (χ4n) is 4.93. The molecule has 0 spiro atoms. The maximum atomic E-state index is 13.4. The van der Waals surface area contributed by atoms with Crippen LogP contribution in [-0.4, -0.2) is 47.3 Å². The van der Waals surface area contributed by atoms with Crippen LogP contribution >= 0.6 is 7.92 Å². The van der Waals surface area contributed by atoms with Crippen LogP contribution in [0.4, 0.5) is 4.79 Å². The Hall–Kier alpha value is -3.17. The number of amides is 1. The monoisotopic (exact) mass is 500 g/mol. The summed E-state index contributed by atoms with van der Waals surface area (Å²) in [5.74, 6) is 0.647. The van der Waals surface area contributed by atoms with Gasteiger partial charge in [-0.3, -0.25) is 4.90 Å². The third kappa shape index (κ3) is 5.47. The molecular formula is C30H33N2O3P. The number of hydrogen-bond acceptors (Lipinski definition) is 4. The predicted molar refractivity (Wildman–Crippen MR) is 147 cm³/mol. The smallest absolute Gasteiger partial charge is 0.410 e. The van der Waals surface area contributed by atoms with Crippen LogP contribution in [0.3, 0.4) is 0 Å². The number of hydrogen-bond donors (Lipinski definition) is 0. The van der Waals surface area contributed by atoms with Crippen molar-refractivity contribution in [3.63, 3.8) is 0 Å². The molecule has 186 valence electrons. The van der Waals surface area contributed by atoms with E-state index in [-0.39, 0.29) is 23.8 Å². The summed E-state index contributed by atoms with van der Waals surface area (Å²) in [7, 11) is -0.692. The SMILES string of the molecule is CC(C)(C)OC(=O)N1C[C@@H](P(c2ccccc2)c2ccccc2)C[C@H]1C1=N[C@H](c2ccccc2)CO1. The molecule has 0 radical (unpaired) electrons. The molecule has 0 saturated carbocycles. The average molecular weight is 501 g/mol. The van der Waals surface area contributed by atoms with Crippen molar-refractivity contribution in [3.8, 4) is 0 Å². The number of ether oxygens (including phenoxy) is 2. The van der Waals surface area contributed by atoms with Gasteiger partial charge in [-0.1, -0.05) is 91.0 Å². The van der Waals surface area contributed by atoms with Crippen molar-refractivity contribution in [2.24, 2.45) is 4.99 Å². The third-order valence-corrected chi connectivity index (χ3v) is 9.30. The summed E-state index contributed by atoms with van der Waals surface area (Å²) in [5, 5.41) is 2.62. The van der Waals surface area contributed by atoms with Gasteiger partial charge in [0.25, 0.3) is 0 Å². The molecule has 3 atom stereocenters. The topological polar surface area (TPSA) is 51.1 Å². The maximum absolute atomic E-state index is 13.4. The number of carbonyl (C=O) groups excluding carboxylic acids is 1. The van der Waals surface area contributed by atoms with E-state index in [2.05, 4.69) is 72.8 Å². The molecule has 5 rings (SSSR count). The minimum atomic E-state index is -0.692. The lowest BCUT2D eigenvalue weighted by Gasteiger charge is -2.28. The molecule has 1 fully saturated rings. The van der Waals surface area contributed by atoms with Crippen molar-refractivity contribution >= 4 is 30.5 Å². The van der Waals surface area contributed by atoms with E-state index in [0.717, 1.165) is 12.0 Å². The summed E-state index contributed by atoms with van der Waals surface area (Å²) >= 11 is 0. The summed E-state index contributed by atoms with van der Waals surface area (Å²) < 4.78 is 12.0. The van der Waals surface area contributed by atoms with E-state index in [4.69, 9.17) is 14.5 Å². The van der Waals surface area contributed by atoms with Gasteiger partial charge >= 0.3 is 6.09 Å². The van der Waals surface area contributed by atoms with E-state index in [1.165, 1.54) is 10.6 Å². The zero-order chi connectivity index (χ0) is 25.1. The van der Waals surface area contributed by atoms with Crippen LogP contribution in [0.2, 0.25) is 0 Å². The highest BCUT2D eigenvalue weighted by Gasteiger charge is 2.45. The van der Waals surface area contributed by atoms with Crippen LogP contribution in [0.5, 0.6) is 0 Å². The number of benzene rings is 3. The lowest BCUT2D eigenvalue weighted by Crippen LogP contribution is -2.43. The molecule has 0 unspecified atom stereocenters. The molecule has 5 nitrogen and oxygen atoms in total. The summed E-state index contributed by atoms with van der Waals surface area (Å²) in [5.41, 5.74) is 0.805. The van der Waals surface area contributed by atoms with Gasteiger partial charge < -0.3 is 9.47 Å². The molecule has 0 bridgehead atoms. The zero-order valence-electron chi connectivity index (χ0n) is 21.1. The first-order valence-corrected chi connectivity index (χ1v) is 13.9. The summed E-state index contributed by atoms with van der Waals surface area (Å²) in [4.78, 5) is 20.2. The molecule has 2 aliphatic heterocycles. The van der Waals surface area contributed by atoms with Crippen molar-refractivity contribution in [2.75, 3.05) is 13.2 Å². The van der Waals surface area contributed by atoms with Crippen LogP contribution in [-0.2, 0) is 9.47 Å². The van der Waals surface area contributed by atoms with E-state index in [0.29, 0.717) is 19.0 Å². The molecular weight excluding hydrogens is 467 g/mol. The Morgan fingerprint density at radius 1 is 0.917 bits per heavy atom. The molecule has 0 aromatic heterocycles. The van der Waals surface area contributed by atoms with E-state index in [1.807, 2.05) is 43.9 Å². The van der Waals surface area contributed by atoms with Gasteiger partial charge in [-0.15, -0.1) is 0 Å². The minimum absolute atomic E-state index is 0.0505. The third-order valence-electron chi connectivity index (χ3n) is 6.48. The van der Waals surface area contributed by atoms with Crippen molar-refractivity contribution in [2.45, 2.75) is 50.5 Å². The molecule has 2 heterocycles. The van der Waals surface area contributed by atoms with Gasteiger partial charge in [-0.25, -0.2) is 9.79 Å². The van der Waals surface area contributed by atoms with Crippen molar-refractivity contribution in [1.82, 2.24) is 4.90 Å². The highest BCUT2D eigenvalue weighted by Crippen LogP contribution is 2.46. The Kier molecular flexibility index (Phi) is 7.11. The van der Waals surface area contributed by atoms with Gasteiger partial charge in [0.05, 0.1) is 0 Å². The van der Waals surface area contributed by atoms with Crippen molar-refractivity contribution < 1.29 is 14.3 Å². The molecule has 1 amide bonds. The quantitative estimate of drug-likeness (QED) is 0.425. The van der Waals surface area contributed by atoms with Gasteiger partial charge in [0.2, 0.25) is 5.90 Å². The molecule has 6 heteroatoms. The van der Waals surface area contributed by atoms with E-state index in [1.54, 1.807) is 0 Å². The van der Waals surface area contributed by atoms with E-state index in [9.17, 15) is 4.79 Å². The van der Waals surface area contributed by atoms with Crippen LogP contribution < -0.4 is 10.6 Å². The Morgan fingerprint density at radius 3 is 2.03 bits per heavy atom. The predicted octanol–water partition coefficient (Wildman–Crippen LogP) is 5.67. The number of carbonyl (C=O) groups is 1. The van der Waals surface area contributed by atoms with Crippen molar-refractivity contribution in [1.29, 1.82) is 0 Å². The second-order valence-electron chi connectivity index (χ2n) is 10.3. The van der Waals surface area contributed by atoms with Gasteiger partial charge in [-0.05, 0) is 51.3 Å². The Bertz CT molecular complexity index is 1160. The lowest BCUT2D eigenvalue weighted by molar-refractivity contribution is 0.0255. The Labute approximate surface area is 214 Å². The fraction of sp³-hybridized carbons (Fsp3) is 0.333. The standard InChI is InChI=1S/C30H33N2O3P/c1-30(2,3)35-29(33)32-20-25(36(23-15-9-5-10-16-23)24-17-11-6-12-18-24)19-27(32)28-31-26(21-34-28)22-13-7-4-8-14-22/h4-18,25-27H,19-21H2,1-3H3/t25-,26-,27-/m0/s1. The first-order chi connectivity index (χ1) is 17.4. The number of aliphatic imine (C=N–C) groups is 1. The largest absolute Gasteiger partial charge is 0.477 e. The van der Waals surface area contributed by atoms with Crippen LogP contribution in [0.15, 0.2) is 96.0 Å². The Morgan fingerprint density at radius 2 is 1.47 bits per heavy atom. The average Bonchev–Trinajstić information content (AvgIpc) is 3.53. The summed E-state index contributed by atoms with van der Waals surface area (Å²) in [6.45, 7) is 6.82. The Balaban J connectivity index is 1.48. The first-order valence-electron chi connectivity index (χ1n) is 12.5. The molecule has 1 saturated heterocycles.